The van der Waals surface area contributed by atoms with Gasteiger partial charge in [-0.15, -0.1) is 0 Å². The lowest BCUT2D eigenvalue weighted by Gasteiger charge is -2.09. The van der Waals surface area contributed by atoms with E-state index in [2.05, 4.69) is 16.7 Å². The van der Waals surface area contributed by atoms with Crippen LogP contribution in [0.5, 0.6) is 11.5 Å². The summed E-state index contributed by atoms with van der Waals surface area (Å²) < 4.78 is 16.1. The van der Waals surface area contributed by atoms with Crippen molar-refractivity contribution in [3.8, 4) is 22.9 Å². The molecule has 0 fully saturated rings. The molecule has 5 nitrogen and oxygen atoms in total. The molecule has 132 valence electrons. The Morgan fingerprint density at radius 3 is 2.73 bits per heavy atom. The van der Waals surface area contributed by atoms with Crippen molar-refractivity contribution in [3.05, 3.63) is 72.6 Å². The van der Waals surface area contributed by atoms with Gasteiger partial charge in [0.05, 0.1) is 7.11 Å². The van der Waals surface area contributed by atoms with E-state index in [-0.39, 0.29) is 5.89 Å². The molecule has 1 aromatic heterocycles. The fraction of sp³-hybridized carbons (Fsp3) is 0.100. The SMILES string of the molecule is C=CCOc1ccc(/C=C(\Cl)c2nc(-c3ccccc3)no2)cc1OC. The molecule has 0 radical (unpaired) electrons. The Bertz CT molecular complexity index is 920. The number of halogens is 1. The van der Waals surface area contributed by atoms with Crippen LogP contribution in [0.25, 0.3) is 22.5 Å². The Kier molecular flexibility index (Phi) is 5.71. The highest BCUT2D eigenvalue weighted by Gasteiger charge is 2.12. The minimum absolute atomic E-state index is 0.247. The van der Waals surface area contributed by atoms with Crippen LogP contribution in [0.15, 0.2) is 65.7 Å². The van der Waals surface area contributed by atoms with E-state index < -0.39 is 0 Å². The van der Waals surface area contributed by atoms with Crippen molar-refractivity contribution in [1.82, 2.24) is 10.1 Å². The summed E-state index contributed by atoms with van der Waals surface area (Å²) in [7, 11) is 1.58. The molecule has 0 saturated heterocycles. The van der Waals surface area contributed by atoms with Crippen LogP contribution in [-0.4, -0.2) is 23.9 Å². The van der Waals surface area contributed by atoms with E-state index in [9.17, 15) is 0 Å². The zero-order valence-corrected chi connectivity index (χ0v) is 14.9. The maximum absolute atomic E-state index is 6.34. The molecule has 26 heavy (non-hydrogen) atoms. The van der Waals surface area contributed by atoms with Gasteiger partial charge in [-0.2, -0.15) is 4.98 Å². The number of ether oxygens (including phenoxy) is 2. The first kappa shape index (κ1) is 17.8. The Labute approximate surface area is 156 Å². The van der Waals surface area contributed by atoms with Gasteiger partial charge >= 0.3 is 0 Å². The van der Waals surface area contributed by atoms with Gasteiger partial charge in [-0.25, -0.2) is 0 Å². The van der Waals surface area contributed by atoms with Crippen LogP contribution in [-0.2, 0) is 0 Å². The fourth-order valence-corrected chi connectivity index (χ4v) is 2.48. The largest absolute Gasteiger partial charge is 0.493 e. The Hall–Kier alpha value is -3.05. The third-order valence-electron chi connectivity index (χ3n) is 3.50. The molecule has 1 heterocycles. The summed E-state index contributed by atoms with van der Waals surface area (Å²) >= 11 is 6.34. The van der Waals surface area contributed by atoms with Crippen molar-refractivity contribution in [1.29, 1.82) is 0 Å². The molecule has 0 unspecified atom stereocenters. The molecule has 0 aliphatic rings. The van der Waals surface area contributed by atoms with Gasteiger partial charge < -0.3 is 14.0 Å². The molecule has 6 heteroatoms. The number of hydrogen-bond donors (Lipinski definition) is 0. The summed E-state index contributed by atoms with van der Waals surface area (Å²) in [5.41, 5.74) is 1.68. The number of rotatable bonds is 7. The molecule has 0 N–H and O–H groups in total. The maximum Gasteiger partial charge on any atom is 0.269 e. The molecule has 0 saturated carbocycles. The molecule has 0 atom stereocenters. The molecule has 0 aliphatic carbocycles. The van der Waals surface area contributed by atoms with Gasteiger partial charge in [0.25, 0.3) is 5.89 Å². The van der Waals surface area contributed by atoms with E-state index in [1.807, 2.05) is 48.5 Å². The van der Waals surface area contributed by atoms with Gasteiger partial charge in [0.1, 0.15) is 11.6 Å². The smallest absolute Gasteiger partial charge is 0.269 e. The van der Waals surface area contributed by atoms with Crippen LogP contribution in [0.1, 0.15) is 11.5 Å². The molecular weight excluding hydrogens is 352 g/mol. The number of aromatic nitrogens is 2. The topological polar surface area (TPSA) is 57.4 Å². The zero-order valence-electron chi connectivity index (χ0n) is 14.2. The zero-order chi connectivity index (χ0) is 18.4. The van der Waals surface area contributed by atoms with Crippen molar-refractivity contribution in [3.63, 3.8) is 0 Å². The average Bonchev–Trinajstić information content (AvgIpc) is 3.18. The molecule has 2 aromatic carbocycles. The van der Waals surface area contributed by atoms with Gasteiger partial charge in [-0.1, -0.05) is 65.8 Å². The predicted octanol–water partition coefficient (Wildman–Crippen LogP) is 5.05. The molecule has 0 aliphatic heterocycles. The normalized spacial score (nSPS) is 11.2. The van der Waals surface area contributed by atoms with Crippen LogP contribution in [0, 0.1) is 0 Å². The second kappa shape index (κ2) is 8.36. The number of methoxy groups -OCH3 is 1. The van der Waals surface area contributed by atoms with Crippen LogP contribution in [0.2, 0.25) is 0 Å². The summed E-state index contributed by atoms with van der Waals surface area (Å²) in [6.07, 6.45) is 3.40. The highest BCUT2D eigenvalue weighted by molar-refractivity contribution is 6.50. The highest BCUT2D eigenvalue weighted by atomic mass is 35.5. The van der Waals surface area contributed by atoms with Crippen LogP contribution < -0.4 is 9.47 Å². The van der Waals surface area contributed by atoms with Crippen LogP contribution >= 0.6 is 11.6 Å². The first-order valence-electron chi connectivity index (χ1n) is 7.89. The summed E-state index contributed by atoms with van der Waals surface area (Å²) in [6, 6.07) is 15.0. The van der Waals surface area contributed by atoms with Crippen molar-refractivity contribution in [2.75, 3.05) is 13.7 Å². The van der Waals surface area contributed by atoms with Crippen LogP contribution in [0.4, 0.5) is 0 Å². The Balaban J connectivity index is 1.83. The monoisotopic (exact) mass is 368 g/mol. The number of hydrogen-bond acceptors (Lipinski definition) is 5. The molecule has 0 bridgehead atoms. The van der Waals surface area contributed by atoms with Crippen molar-refractivity contribution in [2.45, 2.75) is 0 Å². The summed E-state index contributed by atoms with van der Waals surface area (Å²) in [6.45, 7) is 4.03. The minimum atomic E-state index is 0.247. The van der Waals surface area contributed by atoms with Crippen molar-refractivity contribution in [2.24, 2.45) is 0 Å². The van der Waals surface area contributed by atoms with E-state index in [1.165, 1.54) is 0 Å². The Morgan fingerprint density at radius 1 is 1.19 bits per heavy atom. The second-order valence-corrected chi connectivity index (χ2v) is 5.70. The minimum Gasteiger partial charge on any atom is -0.493 e. The van der Waals surface area contributed by atoms with E-state index in [1.54, 1.807) is 19.3 Å². The standard InChI is InChI=1S/C20H17ClN2O3/c1-3-11-25-17-10-9-14(13-18(17)24-2)12-16(21)20-22-19(23-26-20)15-7-5-4-6-8-15/h3-10,12-13H,1,11H2,2H3/b16-12-. The molecule has 3 aromatic rings. The molecule has 0 amide bonds. The van der Waals surface area contributed by atoms with E-state index >= 15 is 0 Å². The van der Waals surface area contributed by atoms with Gasteiger partial charge in [-0.3, -0.25) is 0 Å². The summed E-state index contributed by atoms with van der Waals surface area (Å²) in [5.74, 6) is 1.96. The van der Waals surface area contributed by atoms with Gasteiger partial charge in [0, 0.05) is 5.56 Å². The first-order chi connectivity index (χ1) is 12.7. The lowest BCUT2D eigenvalue weighted by molar-refractivity contribution is 0.326. The lowest BCUT2D eigenvalue weighted by Crippen LogP contribution is -1.96. The maximum atomic E-state index is 6.34. The summed E-state index contributed by atoms with van der Waals surface area (Å²) in [5, 5.41) is 4.30. The van der Waals surface area contributed by atoms with Gasteiger partial charge in [0.15, 0.2) is 11.5 Å². The fourth-order valence-electron chi connectivity index (χ4n) is 2.27. The molecular formula is C20H17ClN2O3. The highest BCUT2D eigenvalue weighted by Crippen LogP contribution is 2.30. The third-order valence-corrected chi connectivity index (χ3v) is 3.77. The molecule has 3 rings (SSSR count). The quantitative estimate of drug-likeness (QED) is 0.546. The van der Waals surface area contributed by atoms with E-state index in [0.717, 1.165) is 11.1 Å². The molecule has 0 spiro atoms. The number of nitrogens with zero attached hydrogens (tertiary/aromatic N) is 2. The van der Waals surface area contributed by atoms with Crippen molar-refractivity contribution >= 4 is 22.7 Å². The second-order valence-electron chi connectivity index (χ2n) is 5.29. The number of benzene rings is 2. The first-order valence-corrected chi connectivity index (χ1v) is 8.27. The van der Waals surface area contributed by atoms with E-state index in [0.29, 0.717) is 29.0 Å². The van der Waals surface area contributed by atoms with E-state index in [4.69, 9.17) is 25.6 Å². The van der Waals surface area contributed by atoms with Gasteiger partial charge in [0.2, 0.25) is 5.82 Å². The van der Waals surface area contributed by atoms with Crippen molar-refractivity contribution < 1.29 is 14.0 Å². The Morgan fingerprint density at radius 2 is 2.00 bits per heavy atom. The lowest BCUT2D eigenvalue weighted by atomic mass is 10.2. The van der Waals surface area contributed by atoms with Crippen LogP contribution in [0.3, 0.4) is 0 Å². The third kappa shape index (κ3) is 4.13. The predicted molar refractivity (Wildman–Crippen MR) is 102 cm³/mol. The summed E-state index contributed by atoms with van der Waals surface area (Å²) in [4.78, 5) is 4.33. The van der Waals surface area contributed by atoms with Gasteiger partial charge in [-0.05, 0) is 23.8 Å². The average molecular weight is 369 g/mol.